The molecule has 2 heterocycles. The Bertz CT molecular complexity index is 1860. The molecule has 0 aliphatic carbocycles. The van der Waals surface area contributed by atoms with Gasteiger partial charge in [-0.2, -0.15) is 0 Å². The van der Waals surface area contributed by atoms with Crippen molar-refractivity contribution in [2.24, 2.45) is 0 Å². The highest BCUT2D eigenvalue weighted by Crippen LogP contribution is 2.32. The van der Waals surface area contributed by atoms with Gasteiger partial charge in [0.1, 0.15) is 6.04 Å². The topological polar surface area (TPSA) is 102 Å². The number of anilines is 2. The lowest BCUT2D eigenvalue weighted by molar-refractivity contribution is -0.137. The van der Waals surface area contributed by atoms with E-state index in [1.807, 2.05) is 84.9 Å². The summed E-state index contributed by atoms with van der Waals surface area (Å²) in [6.45, 7) is 2.79. The Morgan fingerprint density at radius 3 is 2.22 bits per heavy atom. The molecule has 0 aromatic heterocycles. The monoisotopic (exact) mass is 699 g/mol. The fourth-order valence-corrected chi connectivity index (χ4v) is 7.70. The number of hydrogen-bond donors (Lipinski definition) is 2. The number of hydrogen-bond acceptors (Lipinski definition) is 6. The normalized spacial score (nSPS) is 16.8. The molecule has 2 aliphatic heterocycles. The predicted octanol–water partition coefficient (Wildman–Crippen LogP) is 4.44. The quantitative estimate of drug-likeness (QED) is 0.240. The van der Waals surface area contributed by atoms with Crippen LogP contribution in [0, 0.1) is 0 Å². The molecule has 0 saturated carbocycles. The number of fused-ring (bicyclic) bond motifs is 1. The van der Waals surface area contributed by atoms with Crippen LogP contribution < -0.4 is 19.8 Å². The highest BCUT2D eigenvalue weighted by Gasteiger charge is 2.33. The number of carbonyl (C=O) groups excluding carboxylic acids is 2. The van der Waals surface area contributed by atoms with Crippen molar-refractivity contribution in [2.45, 2.75) is 37.9 Å². The molecule has 2 atom stereocenters. The van der Waals surface area contributed by atoms with Crippen LogP contribution in [0.25, 0.3) is 0 Å². The number of halogens is 1. The molecule has 1 saturated heterocycles. The summed E-state index contributed by atoms with van der Waals surface area (Å²) in [6.07, 6.45) is 2.70. The van der Waals surface area contributed by atoms with Crippen LogP contribution in [0.3, 0.4) is 0 Å². The van der Waals surface area contributed by atoms with Gasteiger partial charge in [0, 0.05) is 50.7 Å². The lowest BCUT2D eigenvalue weighted by atomic mass is 9.95. The summed E-state index contributed by atoms with van der Waals surface area (Å²) in [5.74, 6) is -0.348. The van der Waals surface area contributed by atoms with E-state index in [2.05, 4.69) is 21.6 Å². The van der Waals surface area contributed by atoms with Gasteiger partial charge < -0.3 is 20.4 Å². The van der Waals surface area contributed by atoms with Crippen LogP contribution in [0.5, 0.6) is 0 Å². The highest BCUT2D eigenvalue weighted by molar-refractivity contribution is 7.92. The predicted molar refractivity (Wildman–Crippen MR) is 195 cm³/mol. The molecule has 2 amide bonds. The third-order valence-electron chi connectivity index (χ3n) is 9.29. The lowest BCUT2D eigenvalue weighted by Gasteiger charge is -2.39. The number of para-hydroxylation sites is 2. The van der Waals surface area contributed by atoms with Crippen molar-refractivity contribution in [3.8, 4) is 0 Å². The molecule has 0 unspecified atom stereocenters. The molecule has 0 bridgehead atoms. The first-order valence-electron chi connectivity index (χ1n) is 16.6. The Hall–Kier alpha value is -4.38. The maximum absolute atomic E-state index is 14.1. The van der Waals surface area contributed by atoms with E-state index in [1.165, 1.54) is 16.1 Å². The molecule has 0 radical (unpaired) electrons. The average molecular weight is 700 g/mol. The van der Waals surface area contributed by atoms with E-state index in [0.717, 1.165) is 22.4 Å². The van der Waals surface area contributed by atoms with E-state index in [0.29, 0.717) is 69.2 Å². The van der Waals surface area contributed by atoms with Gasteiger partial charge in [-0.25, -0.2) is 8.42 Å². The van der Waals surface area contributed by atoms with Crippen molar-refractivity contribution in [1.82, 2.24) is 15.5 Å². The summed E-state index contributed by atoms with van der Waals surface area (Å²) in [5, 5.41) is 7.01. The minimum atomic E-state index is -3.57. The van der Waals surface area contributed by atoms with E-state index in [-0.39, 0.29) is 11.8 Å². The Labute approximate surface area is 293 Å². The number of rotatable bonds is 11. The van der Waals surface area contributed by atoms with Crippen molar-refractivity contribution in [1.29, 1.82) is 0 Å². The van der Waals surface area contributed by atoms with E-state index in [9.17, 15) is 18.0 Å². The van der Waals surface area contributed by atoms with Gasteiger partial charge in [0.05, 0.1) is 23.7 Å². The first-order valence-corrected chi connectivity index (χ1v) is 18.9. The van der Waals surface area contributed by atoms with Crippen molar-refractivity contribution in [3.05, 3.63) is 130 Å². The third kappa shape index (κ3) is 8.62. The van der Waals surface area contributed by atoms with Crippen LogP contribution in [0.2, 0.25) is 5.02 Å². The van der Waals surface area contributed by atoms with Crippen molar-refractivity contribution in [2.75, 3.05) is 48.2 Å². The Kier molecular flexibility index (Phi) is 10.9. The summed E-state index contributed by atoms with van der Waals surface area (Å²) < 4.78 is 27.6. The second-order valence-electron chi connectivity index (χ2n) is 12.7. The Balaban J connectivity index is 1.15. The first kappa shape index (κ1) is 34.5. The average Bonchev–Trinajstić information content (AvgIpc) is 3.12. The number of nitrogens with zero attached hydrogens (tertiary/aromatic N) is 3. The molecule has 4 aromatic rings. The van der Waals surface area contributed by atoms with Crippen LogP contribution in [0.1, 0.15) is 22.3 Å². The largest absolute Gasteiger partial charge is 0.366 e. The molecular formula is C38H42ClN5O4S. The molecular weight excluding hydrogens is 658 g/mol. The van der Waals surface area contributed by atoms with Crippen LogP contribution in [0.15, 0.2) is 103 Å². The minimum absolute atomic E-state index is 0.145. The molecule has 1 fully saturated rings. The van der Waals surface area contributed by atoms with Crippen LogP contribution in [-0.4, -0.2) is 76.2 Å². The maximum atomic E-state index is 14.1. The molecule has 2 aliphatic rings. The zero-order chi connectivity index (χ0) is 34.4. The molecule has 9 nitrogen and oxygen atoms in total. The van der Waals surface area contributed by atoms with Gasteiger partial charge in [0.15, 0.2) is 0 Å². The van der Waals surface area contributed by atoms with Gasteiger partial charge in [-0.15, -0.1) is 0 Å². The lowest BCUT2D eigenvalue weighted by Crippen LogP contribution is -2.58. The van der Waals surface area contributed by atoms with Crippen molar-refractivity contribution in [3.63, 3.8) is 0 Å². The van der Waals surface area contributed by atoms with E-state index < -0.39 is 22.1 Å². The molecule has 49 heavy (non-hydrogen) atoms. The summed E-state index contributed by atoms with van der Waals surface area (Å²) in [7, 11) is -3.57. The smallest absolute Gasteiger partial charge is 0.245 e. The number of carbonyl (C=O) groups is 2. The zero-order valence-electron chi connectivity index (χ0n) is 27.6. The molecule has 6 rings (SSSR count). The van der Waals surface area contributed by atoms with Crippen molar-refractivity contribution >= 4 is 44.8 Å². The second-order valence-corrected chi connectivity index (χ2v) is 15.0. The minimum Gasteiger partial charge on any atom is -0.366 e. The third-order valence-corrected chi connectivity index (χ3v) is 10.7. The fraction of sp³-hybridized carbons (Fsp3) is 0.316. The van der Waals surface area contributed by atoms with E-state index in [4.69, 9.17) is 11.6 Å². The molecule has 11 heteroatoms. The van der Waals surface area contributed by atoms with Crippen molar-refractivity contribution < 1.29 is 18.0 Å². The van der Waals surface area contributed by atoms with E-state index in [1.54, 1.807) is 17.0 Å². The number of nitrogens with one attached hydrogen (secondary N) is 2. The van der Waals surface area contributed by atoms with Crippen LogP contribution in [0.4, 0.5) is 11.4 Å². The molecule has 2 N–H and O–H groups in total. The summed E-state index contributed by atoms with van der Waals surface area (Å²) in [6, 6.07) is 31.6. The van der Waals surface area contributed by atoms with Gasteiger partial charge in [0.2, 0.25) is 21.8 Å². The van der Waals surface area contributed by atoms with Crippen LogP contribution in [-0.2, 0) is 45.4 Å². The molecule has 0 spiro atoms. The molecule has 4 aromatic carbocycles. The first-order chi connectivity index (χ1) is 23.7. The van der Waals surface area contributed by atoms with Gasteiger partial charge >= 0.3 is 0 Å². The van der Waals surface area contributed by atoms with Gasteiger partial charge in [-0.05, 0) is 59.4 Å². The van der Waals surface area contributed by atoms with Gasteiger partial charge in [-0.3, -0.25) is 13.9 Å². The van der Waals surface area contributed by atoms with E-state index >= 15 is 0 Å². The highest BCUT2D eigenvalue weighted by atomic mass is 35.5. The molecule has 256 valence electrons. The number of piperazine rings is 1. The second kappa shape index (κ2) is 15.4. The number of amides is 2. The van der Waals surface area contributed by atoms with Gasteiger partial charge in [0.25, 0.3) is 0 Å². The summed E-state index contributed by atoms with van der Waals surface area (Å²) in [5.41, 5.74) is 5.69. The maximum Gasteiger partial charge on any atom is 0.245 e. The summed E-state index contributed by atoms with van der Waals surface area (Å²) in [4.78, 5) is 31.6. The number of sulfonamides is 1. The SMILES string of the molecule is CS(=O)(=O)N(CCc1ccccc1)c1ccccc1N1CCN(C(=O)[C@@H](Cc2ccc(Cl)cc2)NC(=O)[C@@H]2Cc3ccccc3CN2)CC1. The summed E-state index contributed by atoms with van der Waals surface area (Å²) >= 11 is 6.13. The Morgan fingerprint density at radius 1 is 0.857 bits per heavy atom. The van der Waals surface area contributed by atoms with Crippen LogP contribution >= 0.6 is 11.6 Å². The number of benzene rings is 4. The fourth-order valence-electron chi connectivity index (χ4n) is 6.64. The van der Waals surface area contributed by atoms with Gasteiger partial charge in [-0.1, -0.05) is 90.5 Å². The Morgan fingerprint density at radius 2 is 1.51 bits per heavy atom. The standard InChI is InChI=1S/C38H42ClN5O4S/c1-49(47,48)44(20-19-28-9-3-2-4-10-28)36-14-8-7-13-35(36)42-21-23-43(24-22-42)38(46)34(25-29-15-17-32(39)18-16-29)41-37(45)33-26-30-11-5-6-12-31(30)27-40-33/h2-18,33-34,40H,19-27H2,1H3,(H,41,45)/t33-,34+/m0/s1. The zero-order valence-corrected chi connectivity index (χ0v) is 29.2.